The molecule has 1 aromatic carbocycles. The third kappa shape index (κ3) is 3.60. The van der Waals surface area contributed by atoms with Crippen molar-refractivity contribution in [1.82, 2.24) is 19.8 Å². The summed E-state index contributed by atoms with van der Waals surface area (Å²) < 4.78 is 5.71. The van der Waals surface area contributed by atoms with E-state index in [2.05, 4.69) is 44.9 Å². The summed E-state index contributed by atoms with van der Waals surface area (Å²) in [5, 5.41) is 9.27. The number of fused-ring (bicyclic) bond motifs is 1. The second-order valence-corrected chi connectivity index (χ2v) is 6.81. The van der Waals surface area contributed by atoms with Crippen LogP contribution in [-0.4, -0.2) is 57.7 Å². The van der Waals surface area contributed by atoms with Crippen molar-refractivity contribution in [3.05, 3.63) is 47.5 Å². The summed E-state index contributed by atoms with van der Waals surface area (Å²) in [4.78, 5) is 13.2. The Balaban J connectivity index is 1.34. The average Bonchev–Trinajstić information content (AvgIpc) is 3.11. The minimum atomic E-state index is 0.112. The molecule has 3 heterocycles. The van der Waals surface area contributed by atoms with Gasteiger partial charge in [-0.15, -0.1) is 0 Å². The molecule has 6 nitrogen and oxygen atoms in total. The smallest absolute Gasteiger partial charge is 0.152 e. The van der Waals surface area contributed by atoms with Gasteiger partial charge in [0.25, 0.3) is 0 Å². The zero-order valence-electron chi connectivity index (χ0n) is 14.6. The van der Waals surface area contributed by atoms with Crippen LogP contribution in [0.1, 0.15) is 29.9 Å². The van der Waals surface area contributed by atoms with Crippen LogP contribution >= 0.6 is 0 Å². The molecule has 0 saturated carbocycles. The summed E-state index contributed by atoms with van der Waals surface area (Å²) in [5.74, 6) is 1.93. The first-order chi connectivity index (χ1) is 12.2. The summed E-state index contributed by atoms with van der Waals surface area (Å²) in [6.07, 6.45) is 3.94. The summed E-state index contributed by atoms with van der Waals surface area (Å²) in [7, 11) is 0. The van der Waals surface area contributed by atoms with E-state index >= 15 is 0 Å². The molecule has 6 heteroatoms. The third-order valence-corrected chi connectivity index (χ3v) is 5.21. The lowest BCUT2D eigenvalue weighted by Gasteiger charge is -2.38. The number of hydrogen-bond acceptors (Lipinski definition) is 6. The van der Waals surface area contributed by atoms with E-state index in [-0.39, 0.29) is 5.75 Å². The van der Waals surface area contributed by atoms with Gasteiger partial charge in [0.1, 0.15) is 11.6 Å². The lowest BCUT2D eigenvalue weighted by Crippen LogP contribution is -2.46. The summed E-state index contributed by atoms with van der Waals surface area (Å²) in [6, 6.07) is 7.06. The number of hydrogen-bond donors (Lipinski definition) is 1. The standard InChI is InChI=1S/C19H24N4O2/c1-14(16-3-2-15-4-9-25-18(15)10-16)23-7-5-22(6-8-23)13-19-20-11-17(24)12-21-19/h2-3,10-12,14,24H,4-9,13H2,1H3. The van der Waals surface area contributed by atoms with Gasteiger partial charge in [0.2, 0.25) is 0 Å². The number of rotatable bonds is 4. The first-order valence-electron chi connectivity index (χ1n) is 8.91. The molecule has 0 amide bonds. The molecule has 1 aromatic heterocycles. The van der Waals surface area contributed by atoms with Gasteiger partial charge in [-0.25, -0.2) is 9.97 Å². The second kappa shape index (κ2) is 6.98. The fraction of sp³-hybridized carbons (Fsp3) is 0.474. The Kier molecular flexibility index (Phi) is 4.55. The zero-order chi connectivity index (χ0) is 17.2. The van der Waals surface area contributed by atoms with Crippen molar-refractivity contribution in [2.24, 2.45) is 0 Å². The van der Waals surface area contributed by atoms with Gasteiger partial charge in [0.15, 0.2) is 5.75 Å². The van der Waals surface area contributed by atoms with E-state index in [9.17, 15) is 5.11 Å². The number of benzene rings is 1. The van der Waals surface area contributed by atoms with E-state index in [0.717, 1.165) is 57.3 Å². The van der Waals surface area contributed by atoms with Gasteiger partial charge in [0.05, 0.1) is 25.5 Å². The van der Waals surface area contributed by atoms with Crippen LogP contribution in [0, 0.1) is 0 Å². The molecular formula is C19H24N4O2. The molecule has 0 spiro atoms. The predicted molar refractivity (Wildman–Crippen MR) is 94.6 cm³/mol. The Morgan fingerprint density at radius 3 is 2.68 bits per heavy atom. The highest BCUT2D eigenvalue weighted by atomic mass is 16.5. The van der Waals surface area contributed by atoms with Gasteiger partial charge in [-0.3, -0.25) is 9.80 Å². The topological polar surface area (TPSA) is 61.7 Å². The van der Waals surface area contributed by atoms with Crippen molar-refractivity contribution < 1.29 is 9.84 Å². The Bertz CT molecular complexity index is 727. The Labute approximate surface area is 148 Å². The zero-order valence-corrected chi connectivity index (χ0v) is 14.6. The predicted octanol–water partition coefficient (Wildman–Crippen LogP) is 2.00. The second-order valence-electron chi connectivity index (χ2n) is 6.81. The van der Waals surface area contributed by atoms with Crippen LogP contribution in [-0.2, 0) is 13.0 Å². The molecule has 1 N–H and O–H groups in total. The van der Waals surface area contributed by atoms with Gasteiger partial charge in [-0.1, -0.05) is 12.1 Å². The van der Waals surface area contributed by atoms with Crippen molar-refractivity contribution in [3.8, 4) is 11.5 Å². The fourth-order valence-corrected chi connectivity index (χ4v) is 3.59. The Hall–Kier alpha value is -2.18. The van der Waals surface area contributed by atoms with Crippen LogP contribution in [0.25, 0.3) is 0 Å². The van der Waals surface area contributed by atoms with Crippen molar-refractivity contribution in [2.75, 3.05) is 32.8 Å². The Morgan fingerprint density at radius 1 is 1.16 bits per heavy atom. The molecule has 2 aliphatic heterocycles. The van der Waals surface area contributed by atoms with Crippen LogP contribution in [0.4, 0.5) is 0 Å². The summed E-state index contributed by atoms with van der Waals surface area (Å²) >= 11 is 0. The molecule has 0 aliphatic carbocycles. The van der Waals surface area contributed by atoms with E-state index in [1.54, 1.807) is 0 Å². The number of ether oxygens (including phenoxy) is 1. The molecule has 1 fully saturated rings. The van der Waals surface area contributed by atoms with Crippen LogP contribution in [0.2, 0.25) is 0 Å². The quantitative estimate of drug-likeness (QED) is 0.918. The molecule has 1 atom stereocenters. The van der Waals surface area contributed by atoms with E-state index in [1.165, 1.54) is 23.5 Å². The van der Waals surface area contributed by atoms with Crippen molar-refractivity contribution in [3.63, 3.8) is 0 Å². The lowest BCUT2D eigenvalue weighted by molar-refractivity contribution is 0.0961. The maximum absolute atomic E-state index is 9.27. The van der Waals surface area contributed by atoms with E-state index in [4.69, 9.17) is 4.74 Å². The molecule has 4 rings (SSSR count). The van der Waals surface area contributed by atoms with E-state index in [1.807, 2.05) is 0 Å². The number of nitrogens with zero attached hydrogens (tertiary/aromatic N) is 4. The molecule has 2 aliphatic rings. The summed E-state index contributed by atoms with van der Waals surface area (Å²) in [5.41, 5.74) is 2.66. The minimum absolute atomic E-state index is 0.112. The maximum atomic E-state index is 9.27. The third-order valence-electron chi connectivity index (χ3n) is 5.21. The maximum Gasteiger partial charge on any atom is 0.152 e. The molecule has 132 valence electrons. The van der Waals surface area contributed by atoms with Crippen LogP contribution in [0.15, 0.2) is 30.6 Å². The van der Waals surface area contributed by atoms with Crippen LogP contribution < -0.4 is 4.74 Å². The van der Waals surface area contributed by atoms with E-state index < -0.39 is 0 Å². The van der Waals surface area contributed by atoms with E-state index in [0.29, 0.717) is 6.04 Å². The van der Waals surface area contributed by atoms with Gasteiger partial charge in [-0.05, 0) is 24.1 Å². The first-order valence-corrected chi connectivity index (χ1v) is 8.91. The van der Waals surface area contributed by atoms with Gasteiger partial charge < -0.3 is 9.84 Å². The molecule has 25 heavy (non-hydrogen) atoms. The molecular weight excluding hydrogens is 316 g/mol. The molecule has 0 radical (unpaired) electrons. The van der Waals surface area contributed by atoms with Gasteiger partial charge >= 0.3 is 0 Å². The lowest BCUT2D eigenvalue weighted by atomic mass is 10.0. The number of aromatic nitrogens is 2. The highest BCUT2D eigenvalue weighted by molar-refractivity contribution is 5.41. The highest BCUT2D eigenvalue weighted by Gasteiger charge is 2.24. The Morgan fingerprint density at radius 2 is 1.92 bits per heavy atom. The number of aromatic hydroxyl groups is 1. The van der Waals surface area contributed by atoms with Crippen molar-refractivity contribution in [2.45, 2.75) is 25.9 Å². The van der Waals surface area contributed by atoms with Crippen LogP contribution in [0.3, 0.4) is 0 Å². The van der Waals surface area contributed by atoms with Gasteiger partial charge in [0, 0.05) is 38.6 Å². The monoisotopic (exact) mass is 340 g/mol. The largest absolute Gasteiger partial charge is 0.505 e. The molecule has 0 bridgehead atoms. The fourth-order valence-electron chi connectivity index (χ4n) is 3.59. The molecule has 2 aromatic rings. The molecule has 1 saturated heterocycles. The molecule has 1 unspecified atom stereocenters. The first kappa shape index (κ1) is 16.3. The minimum Gasteiger partial charge on any atom is -0.505 e. The van der Waals surface area contributed by atoms with Crippen LogP contribution in [0.5, 0.6) is 11.5 Å². The normalized spacial score (nSPS) is 19.4. The summed E-state index contributed by atoms with van der Waals surface area (Å²) in [6.45, 7) is 7.86. The number of piperazine rings is 1. The van der Waals surface area contributed by atoms with Crippen molar-refractivity contribution in [1.29, 1.82) is 0 Å². The van der Waals surface area contributed by atoms with Crippen molar-refractivity contribution >= 4 is 0 Å². The highest BCUT2D eigenvalue weighted by Crippen LogP contribution is 2.31. The van der Waals surface area contributed by atoms with Gasteiger partial charge in [-0.2, -0.15) is 0 Å². The SMILES string of the molecule is CC(c1ccc2c(c1)OCC2)N1CCN(Cc2ncc(O)cn2)CC1. The average molecular weight is 340 g/mol.